The van der Waals surface area contributed by atoms with E-state index >= 15 is 0 Å². The molecule has 0 aromatic heterocycles. The Morgan fingerprint density at radius 1 is 1.43 bits per heavy atom. The molecule has 1 heterocycles. The Morgan fingerprint density at radius 2 is 2.21 bits per heavy atom. The van der Waals surface area contributed by atoms with Gasteiger partial charge in [0.05, 0.1) is 0 Å². The van der Waals surface area contributed by atoms with Crippen molar-refractivity contribution in [1.29, 1.82) is 0 Å². The Bertz CT molecular complexity index is 333. The van der Waals surface area contributed by atoms with Crippen LogP contribution in [-0.2, 0) is 5.75 Å². The molecule has 0 radical (unpaired) electrons. The fraction of sp³-hybridized carbons (Fsp3) is 0.500. The van der Waals surface area contributed by atoms with Crippen molar-refractivity contribution in [1.82, 2.24) is 0 Å². The normalized spacial score (nSPS) is 21.0. The van der Waals surface area contributed by atoms with Gasteiger partial charge < -0.3 is 5.73 Å². The topological polar surface area (TPSA) is 26.0 Å². The predicted octanol–water partition coefficient (Wildman–Crippen LogP) is 3.06. The van der Waals surface area contributed by atoms with Crippen LogP contribution in [0.5, 0.6) is 0 Å². The van der Waals surface area contributed by atoms with E-state index in [2.05, 4.69) is 32.0 Å². The van der Waals surface area contributed by atoms with Gasteiger partial charge in [-0.3, -0.25) is 0 Å². The second-order valence-electron chi connectivity index (χ2n) is 4.23. The molecular weight excluding hydrogens is 190 g/mol. The molecule has 1 nitrogen and oxygen atoms in total. The largest absolute Gasteiger partial charge is 0.323 e. The summed E-state index contributed by atoms with van der Waals surface area (Å²) >= 11 is 1.93. The van der Waals surface area contributed by atoms with E-state index < -0.39 is 0 Å². The lowest BCUT2D eigenvalue weighted by molar-refractivity contribution is 0.794. The third kappa shape index (κ3) is 1.82. The molecule has 0 saturated carbocycles. The standard InChI is InChI=1S/C12H17NS/c1-8(2)9-3-4-10-6-14-7-12(13)11(10)5-9/h3-5,8,12H,6-7,13H2,1-2H3/t12-/m1/s1. The van der Waals surface area contributed by atoms with E-state index in [-0.39, 0.29) is 6.04 Å². The first kappa shape index (κ1) is 10.1. The molecule has 0 bridgehead atoms. The van der Waals surface area contributed by atoms with Crippen molar-refractivity contribution in [2.45, 2.75) is 31.6 Å². The Morgan fingerprint density at radius 3 is 2.93 bits per heavy atom. The molecule has 14 heavy (non-hydrogen) atoms. The van der Waals surface area contributed by atoms with Gasteiger partial charge in [0.1, 0.15) is 0 Å². The van der Waals surface area contributed by atoms with Gasteiger partial charge in [-0.25, -0.2) is 0 Å². The van der Waals surface area contributed by atoms with Crippen LogP contribution in [0.25, 0.3) is 0 Å². The zero-order valence-corrected chi connectivity index (χ0v) is 9.60. The van der Waals surface area contributed by atoms with Crippen molar-refractivity contribution in [3.8, 4) is 0 Å². The lowest BCUT2D eigenvalue weighted by Gasteiger charge is -2.23. The Balaban J connectivity index is 2.41. The van der Waals surface area contributed by atoms with E-state index in [4.69, 9.17) is 5.73 Å². The average molecular weight is 207 g/mol. The number of fused-ring (bicyclic) bond motifs is 1. The third-order valence-electron chi connectivity index (χ3n) is 2.79. The van der Waals surface area contributed by atoms with E-state index in [0.29, 0.717) is 5.92 Å². The minimum absolute atomic E-state index is 0.238. The molecule has 0 fully saturated rings. The number of benzene rings is 1. The smallest absolute Gasteiger partial charge is 0.0390 e. The van der Waals surface area contributed by atoms with Crippen molar-refractivity contribution >= 4 is 11.8 Å². The van der Waals surface area contributed by atoms with Gasteiger partial charge >= 0.3 is 0 Å². The van der Waals surface area contributed by atoms with Crippen molar-refractivity contribution in [3.05, 3.63) is 34.9 Å². The minimum Gasteiger partial charge on any atom is -0.323 e. The first-order valence-electron chi connectivity index (χ1n) is 5.14. The summed E-state index contributed by atoms with van der Waals surface area (Å²) < 4.78 is 0. The van der Waals surface area contributed by atoms with Crippen LogP contribution in [0.4, 0.5) is 0 Å². The molecule has 0 amide bonds. The SMILES string of the molecule is CC(C)c1ccc2c(c1)[C@H](N)CSC2. The van der Waals surface area contributed by atoms with Crippen LogP contribution in [0.15, 0.2) is 18.2 Å². The van der Waals surface area contributed by atoms with Gasteiger partial charge in [-0.15, -0.1) is 0 Å². The van der Waals surface area contributed by atoms with Crippen LogP contribution >= 0.6 is 11.8 Å². The second-order valence-corrected chi connectivity index (χ2v) is 5.26. The molecule has 76 valence electrons. The van der Waals surface area contributed by atoms with E-state index in [1.807, 2.05) is 11.8 Å². The van der Waals surface area contributed by atoms with E-state index in [0.717, 1.165) is 11.5 Å². The van der Waals surface area contributed by atoms with Crippen LogP contribution in [0.2, 0.25) is 0 Å². The first-order chi connectivity index (χ1) is 6.68. The maximum atomic E-state index is 6.09. The van der Waals surface area contributed by atoms with Gasteiger partial charge in [0, 0.05) is 17.5 Å². The summed E-state index contributed by atoms with van der Waals surface area (Å²) in [6.07, 6.45) is 0. The molecule has 0 saturated heterocycles. The van der Waals surface area contributed by atoms with Crippen LogP contribution in [-0.4, -0.2) is 5.75 Å². The maximum Gasteiger partial charge on any atom is 0.0390 e. The highest BCUT2D eigenvalue weighted by molar-refractivity contribution is 7.98. The molecule has 2 rings (SSSR count). The summed E-state index contributed by atoms with van der Waals surface area (Å²) in [5, 5.41) is 0. The van der Waals surface area contributed by atoms with Crippen LogP contribution in [0, 0.1) is 0 Å². The second kappa shape index (κ2) is 3.95. The molecule has 1 aliphatic rings. The summed E-state index contributed by atoms with van der Waals surface area (Å²) in [4.78, 5) is 0. The monoisotopic (exact) mass is 207 g/mol. The molecule has 2 heteroatoms. The van der Waals surface area contributed by atoms with Gasteiger partial charge in [0.15, 0.2) is 0 Å². The molecule has 1 aromatic rings. The van der Waals surface area contributed by atoms with Crippen molar-refractivity contribution in [2.75, 3.05) is 5.75 Å². The van der Waals surface area contributed by atoms with E-state index in [1.165, 1.54) is 16.7 Å². The van der Waals surface area contributed by atoms with Crippen LogP contribution in [0.3, 0.4) is 0 Å². The van der Waals surface area contributed by atoms with Crippen molar-refractivity contribution in [3.63, 3.8) is 0 Å². The lowest BCUT2D eigenvalue weighted by Crippen LogP contribution is -2.19. The highest BCUT2D eigenvalue weighted by atomic mass is 32.2. The highest BCUT2D eigenvalue weighted by Crippen LogP contribution is 2.32. The summed E-state index contributed by atoms with van der Waals surface area (Å²) in [6.45, 7) is 4.45. The molecule has 1 aliphatic heterocycles. The van der Waals surface area contributed by atoms with Crippen molar-refractivity contribution in [2.24, 2.45) is 5.73 Å². The number of thioether (sulfide) groups is 1. The molecular formula is C12H17NS. The van der Waals surface area contributed by atoms with E-state index in [1.54, 1.807) is 0 Å². The summed E-state index contributed by atoms with van der Waals surface area (Å²) in [7, 11) is 0. The number of hydrogen-bond donors (Lipinski definition) is 1. The fourth-order valence-electron chi connectivity index (χ4n) is 1.83. The molecule has 1 aromatic carbocycles. The van der Waals surface area contributed by atoms with Gasteiger partial charge in [-0.05, 0) is 22.6 Å². The number of hydrogen-bond acceptors (Lipinski definition) is 2. The summed E-state index contributed by atoms with van der Waals surface area (Å²) in [6, 6.07) is 7.02. The van der Waals surface area contributed by atoms with Gasteiger partial charge in [-0.1, -0.05) is 32.0 Å². The van der Waals surface area contributed by atoms with Crippen LogP contribution in [0.1, 0.15) is 42.5 Å². The first-order valence-corrected chi connectivity index (χ1v) is 6.30. The summed E-state index contributed by atoms with van der Waals surface area (Å²) in [5.41, 5.74) is 10.3. The molecule has 0 spiro atoms. The maximum absolute atomic E-state index is 6.09. The third-order valence-corrected chi connectivity index (χ3v) is 3.90. The zero-order chi connectivity index (χ0) is 10.1. The quantitative estimate of drug-likeness (QED) is 0.766. The zero-order valence-electron chi connectivity index (χ0n) is 8.79. The Hall–Kier alpha value is -0.470. The Kier molecular flexibility index (Phi) is 2.84. The fourth-order valence-corrected chi connectivity index (χ4v) is 2.87. The molecule has 1 atom stereocenters. The summed E-state index contributed by atoms with van der Waals surface area (Å²) in [5.74, 6) is 2.79. The number of nitrogens with two attached hydrogens (primary N) is 1. The van der Waals surface area contributed by atoms with Gasteiger partial charge in [0.25, 0.3) is 0 Å². The van der Waals surface area contributed by atoms with E-state index in [9.17, 15) is 0 Å². The highest BCUT2D eigenvalue weighted by Gasteiger charge is 2.17. The average Bonchev–Trinajstić information content (AvgIpc) is 2.18. The molecule has 2 N–H and O–H groups in total. The minimum atomic E-state index is 0.238. The number of rotatable bonds is 1. The molecule has 0 aliphatic carbocycles. The van der Waals surface area contributed by atoms with Crippen LogP contribution < -0.4 is 5.73 Å². The van der Waals surface area contributed by atoms with Gasteiger partial charge in [-0.2, -0.15) is 11.8 Å². The molecule has 0 unspecified atom stereocenters. The Labute approximate surface area is 90.1 Å². The van der Waals surface area contributed by atoms with Gasteiger partial charge in [0.2, 0.25) is 0 Å². The van der Waals surface area contributed by atoms with Crippen molar-refractivity contribution < 1.29 is 0 Å². The lowest BCUT2D eigenvalue weighted by atomic mass is 9.94. The predicted molar refractivity (Wildman–Crippen MR) is 63.6 cm³/mol.